The van der Waals surface area contributed by atoms with E-state index in [-0.39, 0.29) is 0 Å². The second-order valence-electron chi connectivity index (χ2n) is 3.15. The van der Waals surface area contributed by atoms with Gasteiger partial charge in [0.05, 0.1) is 0 Å². The molecule has 0 unspecified atom stereocenters. The maximum Gasteiger partial charge on any atom is -0.00596 e. The van der Waals surface area contributed by atoms with Crippen LogP contribution in [0.4, 0.5) is 0 Å². The van der Waals surface area contributed by atoms with Crippen molar-refractivity contribution in [3.8, 4) is 0 Å². The third-order valence-corrected chi connectivity index (χ3v) is 1.96. The lowest BCUT2D eigenvalue weighted by Gasteiger charge is -2.00. The summed E-state index contributed by atoms with van der Waals surface area (Å²) in [6, 6.07) is 0. The molecule has 0 aromatic rings. The van der Waals surface area contributed by atoms with Gasteiger partial charge in [-0.05, 0) is 30.7 Å². The molecule has 0 aliphatic carbocycles. The average Bonchev–Trinajstić information content (AvgIpc) is 2.13. The van der Waals surface area contributed by atoms with Crippen molar-refractivity contribution >= 4 is 0 Å². The number of unbranched alkanes of at least 4 members (excludes halogenated alkanes) is 3. The van der Waals surface area contributed by atoms with Crippen molar-refractivity contribution in [1.29, 1.82) is 0 Å². The highest BCUT2D eigenvalue weighted by atomic mass is 14.5. The van der Waals surface area contributed by atoms with Crippen LogP contribution in [-0.4, -0.2) is 0 Å². The van der Waals surface area contributed by atoms with Crippen LogP contribution in [0.5, 0.6) is 0 Å². The van der Waals surface area contributed by atoms with Crippen LogP contribution < -0.4 is 5.73 Å². The fourth-order valence-electron chi connectivity index (χ4n) is 1.25. The van der Waals surface area contributed by atoms with E-state index in [2.05, 4.69) is 13.5 Å². The second-order valence-corrected chi connectivity index (χ2v) is 3.15. The summed E-state index contributed by atoms with van der Waals surface area (Å²) in [5, 5.41) is 0. The summed E-state index contributed by atoms with van der Waals surface area (Å²) in [4.78, 5) is 0. The first kappa shape index (κ1) is 12.0. The lowest BCUT2D eigenvalue weighted by Crippen LogP contribution is -1.84. The topological polar surface area (TPSA) is 26.0 Å². The second kappa shape index (κ2) is 9.11. The largest absolute Gasteiger partial charge is 0.405 e. The highest BCUT2D eigenvalue weighted by Crippen LogP contribution is 2.11. The maximum atomic E-state index is 5.33. The Bertz CT molecular complexity index is 178. The molecule has 1 heteroatoms. The standard InChI is InChI=1S/C12H21N/c1-3-5-6-7-9-12(8-4-2)10-11-13/h4,8,10-11H,2-3,5-7,9,13H2,1H3/b11-10-,12-8-. The molecule has 1 nitrogen and oxygen atoms in total. The van der Waals surface area contributed by atoms with Crippen LogP contribution in [0.15, 0.2) is 36.6 Å². The maximum absolute atomic E-state index is 5.33. The van der Waals surface area contributed by atoms with Gasteiger partial charge in [-0.3, -0.25) is 0 Å². The monoisotopic (exact) mass is 179 g/mol. The Kier molecular flexibility index (Phi) is 8.42. The van der Waals surface area contributed by atoms with Crippen molar-refractivity contribution in [2.75, 3.05) is 0 Å². The van der Waals surface area contributed by atoms with Gasteiger partial charge in [0.15, 0.2) is 0 Å². The minimum atomic E-state index is 1.11. The van der Waals surface area contributed by atoms with Gasteiger partial charge in [0.1, 0.15) is 0 Å². The zero-order valence-electron chi connectivity index (χ0n) is 8.63. The minimum Gasteiger partial charge on any atom is -0.405 e. The van der Waals surface area contributed by atoms with Gasteiger partial charge in [-0.25, -0.2) is 0 Å². The van der Waals surface area contributed by atoms with E-state index in [1.807, 2.05) is 18.2 Å². The van der Waals surface area contributed by atoms with Gasteiger partial charge in [-0.15, -0.1) is 0 Å². The molecule has 2 N–H and O–H groups in total. The normalized spacial score (nSPS) is 12.2. The Morgan fingerprint density at radius 1 is 1.31 bits per heavy atom. The van der Waals surface area contributed by atoms with Crippen LogP contribution in [0.3, 0.4) is 0 Å². The van der Waals surface area contributed by atoms with Gasteiger partial charge < -0.3 is 5.73 Å². The third kappa shape index (κ3) is 7.38. The van der Waals surface area contributed by atoms with Crippen molar-refractivity contribution in [2.45, 2.75) is 39.0 Å². The predicted octanol–water partition coefficient (Wildman–Crippen LogP) is 3.54. The summed E-state index contributed by atoms with van der Waals surface area (Å²) >= 11 is 0. The molecular formula is C12H21N. The molecule has 0 aliphatic rings. The molecule has 0 heterocycles. The molecule has 0 rings (SSSR count). The van der Waals surface area contributed by atoms with Crippen LogP contribution in [0.2, 0.25) is 0 Å². The lowest BCUT2D eigenvalue weighted by molar-refractivity contribution is 0.668. The quantitative estimate of drug-likeness (QED) is 0.469. The Morgan fingerprint density at radius 2 is 2.08 bits per heavy atom. The van der Waals surface area contributed by atoms with Gasteiger partial charge in [-0.2, -0.15) is 0 Å². The van der Waals surface area contributed by atoms with E-state index in [9.17, 15) is 0 Å². The number of hydrogen-bond donors (Lipinski definition) is 1. The van der Waals surface area contributed by atoms with Crippen molar-refractivity contribution in [2.24, 2.45) is 5.73 Å². The first-order valence-electron chi connectivity index (χ1n) is 5.05. The average molecular weight is 179 g/mol. The Balaban J connectivity index is 3.70. The van der Waals surface area contributed by atoms with Crippen LogP contribution in [0.1, 0.15) is 39.0 Å². The van der Waals surface area contributed by atoms with Crippen LogP contribution in [-0.2, 0) is 0 Å². The van der Waals surface area contributed by atoms with Crippen LogP contribution in [0.25, 0.3) is 0 Å². The van der Waals surface area contributed by atoms with E-state index in [4.69, 9.17) is 5.73 Å². The summed E-state index contributed by atoms with van der Waals surface area (Å²) in [5.41, 5.74) is 6.61. The molecule has 74 valence electrons. The molecule has 0 saturated heterocycles. The highest BCUT2D eigenvalue weighted by Gasteiger charge is 1.91. The molecule has 13 heavy (non-hydrogen) atoms. The fourth-order valence-corrected chi connectivity index (χ4v) is 1.25. The van der Waals surface area contributed by atoms with Crippen LogP contribution >= 0.6 is 0 Å². The zero-order valence-corrected chi connectivity index (χ0v) is 8.63. The van der Waals surface area contributed by atoms with Gasteiger partial charge in [-0.1, -0.05) is 44.9 Å². The molecule has 0 saturated carbocycles. The summed E-state index contributed by atoms with van der Waals surface area (Å²) in [7, 11) is 0. The smallest absolute Gasteiger partial charge is 0.00596 e. The SMILES string of the molecule is C=C/C=C(\C=C/N)CCCCCC. The van der Waals surface area contributed by atoms with E-state index < -0.39 is 0 Å². The lowest BCUT2D eigenvalue weighted by atomic mass is 10.1. The van der Waals surface area contributed by atoms with Gasteiger partial charge in [0.25, 0.3) is 0 Å². The number of allylic oxidation sites excluding steroid dienone is 4. The van der Waals surface area contributed by atoms with Gasteiger partial charge >= 0.3 is 0 Å². The summed E-state index contributed by atoms with van der Waals surface area (Å²) in [6.07, 6.45) is 13.7. The van der Waals surface area contributed by atoms with E-state index in [1.54, 1.807) is 6.20 Å². The van der Waals surface area contributed by atoms with Gasteiger partial charge in [0.2, 0.25) is 0 Å². The van der Waals surface area contributed by atoms with Crippen molar-refractivity contribution < 1.29 is 0 Å². The molecule has 0 aliphatic heterocycles. The van der Waals surface area contributed by atoms with Crippen LogP contribution in [0, 0.1) is 0 Å². The first-order chi connectivity index (χ1) is 6.35. The van der Waals surface area contributed by atoms with E-state index in [0.29, 0.717) is 0 Å². The molecule has 0 bridgehead atoms. The Labute approximate surface area is 82.0 Å². The van der Waals surface area contributed by atoms with Crippen molar-refractivity contribution in [3.63, 3.8) is 0 Å². The molecule has 0 amide bonds. The number of hydrogen-bond acceptors (Lipinski definition) is 1. The van der Waals surface area contributed by atoms with Gasteiger partial charge in [0, 0.05) is 0 Å². The molecule has 0 atom stereocenters. The molecule has 0 aromatic heterocycles. The van der Waals surface area contributed by atoms with E-state index >= 15 is 0 Å². The molecule has 0 fully saturated rings. The summed E-state index contributed by atoms with van der Waals surface area (Å²) < 4.78 is 0. The highest BCUT2D eigenvalue weighted by molar-refractivity contribution is 5.22. The van der Waals surface area contributed by atoms with E-state index in [1.165, 1.54) is 31.3 Å². The Morgan fingerprint density at radius 3 is 2.62 bits per heavy atom. The number of rotatable bonds is 7. The zero-order chi connectivity index (χ0) is 9.94. The van der Waals surface area contributed by atoms with Crippen molar-refractivity contribution in [3.05, 3.63) is 36.6 Å². The molecular weight excluding hydrogens is 158 g/mol. The minimum absolute atomic E-state index is 1.11. The fraction of sp³-hybridized carbons (Fsp3) is 0.500. The summed E-state index contributed by atoms with van der Waals surface area (Å²) in [6.45, 7) is 5.90. The Hall–Kier alpha value is -0.980. The number of nitrogens with two attached hydrogens (primary N) is 1. The molecule has 0 spiro atoms. The molecule has 0 radical (unpaired) electrons. The molecule has 0 aromatic carbocycles. The summed E-state index contributed by atoms with van der Waals surface area (Å²) in [5.74, 6) is 0. The first-order valence-corrected chi connectivity index (χ1v) is 5.05. The van der Waals surface area contributed by atoms with E-state index in [0.717, 1.165) is 6.42 Å². The predicted molar refractivity (Wildman–Crippen MR) is 60.4 cm³/mol. The van der Waals surface area contributed by atoms with Crippen molar-refractivity contribution in [1.82, 2.24) is 0 Å². The third-order valence-electron chi connectivity index (χ3n) is 1.96.